The molecule has 0 radical (unpaired) electrons. The monoisotopic (exact) mass is 250 g/mol. The van der Waals surface area contributed by atoms with Crippen LogP contribution in [0.25, 0.3) is 0 Å². The van der Waals surface area contributed by atoms with Gasteiger partial charge in [0.15, 0.2) is 0 Å². The van der Waals surface area contributed by atoms with Crippen molar-refractivity contribution in [1.82, 2.24) is 4.98 Å². The third-order valence-corrected chi connectivity index (χ3v) is 2.86. The second-order valence-electron chi connectivity index (χ2n) is 4.16. The maximum atomic E-state index is 11.6. The fraction of sp³-hybridized carbons (Fsp3) is 0.417. The lowest BCUT2D eigenvalue weighted by atomic mass is 10.2. The lowest BCUT2D eigenvalue weighted by Gasteiger charge is -2.12. The van der Waals surface area contributed by atoms with Crippen LogP contribution in [0.15, 0.2) is 18.5 Å². The highest BCUT2D eigenvalue weighted by atomic mass is 16.6. The van der Waals surface area contributed by atoms with Crippen LogP contribution in [0.1, 0.15) is 36.0 Å². The Morgan fingerprint density at radius 3 is 2.78 bits per heavy atom. The van der Waals surface area contributed by atoms with Gasteiger partial charge in [-0.05, 0) is 31.7 Å². The third-order valence-electron chi connectivity index (χ3n) is 2.86. The van der Waals surface area contributed by atoms with E-state index in [0.29, 0.717) is 0 Å². The van der Waals surface area contributed by atoms with Crippen molar-refractivity contribution in [3.05, 3.63) is 24.0 Å². The Morgan fingerprint density at radius 1 is 1.39 bits per heavy atom. The minimum Gasteiger partial charge on any atom is -0.478 e. The Morgan fingerprint density at radius 2 is 2.11 bits per heavy atom. The van der Waals surface area contributed by atoms with E-state index in [0.717, 1.165) is 25.7 Å². The summed E-state index contributed by atoms with van der Waals surface area (Å²) in [5, 5.41) is 11.4. The first-order valence-corrected chi connectivity index (χ1v) is 5.82. The molecular formula is C12H14N2O4. The lowest BCUT2D eigenvalue weighted by Crippen LogP contribution is -2.21. The molecule has 1 heterocycles. The SMILES string of the molecule is O=C(Nc1cnccc1C(=O)O)OC1CCCC1. The number of carbonyl (C=O) groups is 2. The van der Waals surface area contributed by atoms with E-state index in [1.165, 1.54) is 18.5 Å². The lowest BCUT2D eigenvalue weighted by molar-refractivity contribution is 0.0698. The molecule has 0 aliphatic heterocycles. The average Bonchev–Trinajstić information content (AvgIpc) is 2.82. The number of hydrogen-bond donors (Lipinski definition) is 2. The molecule has 2 rings (SSSR count). The zero-order valence-corrected chi connectivity index (χ0v) is 9.76. The number of pyridine rings is 1. The summed E-state index contributed by atoms with van der Waals surface area (Å²) in [7, 11) is 0. The van der Waals surface area contributed by atoms with Crippen LogP contribution in [-0.4, -0.2) is 28.3 Å². The van der Waals surface area contributed by atoms with Gasteiger partial charge in [0.05, 0.1) is 17.4 Å². The molecule has 0 aromatic carbocycles. The average molecular weight is 250 g/mol. The maximum Gasteiger partial charge on any atom is 0.411 e. The number of aromatic carboxylic acids is 1. The van der Waals surface area contributed by atoms with Crippen molar-refractivity contribution in [3.8, 4) is 0 Å². The smallest absolute Gasteiger partial charge is 0.411 e. The van der Waals surface area contributed by atoms with Gasteiger partial charge < -0.3 is 9.84 Å². The van der Waals surface area contributed by atoms with E-state index in [9.17, 15) is 9.59 Å². The Balaban J connectivity index is 2.00. The van der Waals surface area contributed by atoms with E-state index in [4.69, 9.17) is 9.84 Å². The van der Waals surface area contributed by atoms with Gasteiger partial charge in [-0.1, -0.05) is 0 Å². The predicted molar refractivity (Wildman–Crippen MR) is 63.6 cm³/mol. The Labute approximate surface area is 104 Å². The van der Waals surface area contributed by atoms with Crippen LogP contribution in [0, 0.1) is 0 Å². The number of ether oxygens (including phenoxy) is 1. The molecule has 0 bridgehead atoms. The number of rotatable bonds is 3. The quantitative estimate of drug-likeness (QED) is 0.859. The summed E-state index contributed by atoms with van der Waals surface area (Å²) in [5.74, 6) is -1.12. The molecule has 96 valence electrons. The molecule has 6 nitrogen and oxygen atoms in total. The topological polar surface area (TPSA) is 88.5 Å². The maximum absolute atomic E-state index is 11.6. The van der Waals surface area contributed by atoms with Gasteiger partial charge >= 0.3 is 12.1 Å². The molecule has 1 aliphatic rings. The standard InChI is InChI=1S/C12H14N2O4/c15-11(16)9-5-6-13-7-10(9)14-12(17)18-8-3-1-2-4-8/h5-8H,1-4H2,(H,14,17)(H,15,16). The fourth-order valence-corrected chi connectivity index (χ4v) is 1.98. The van der Waals surface area contributed by atoms with Crippen molar-refractivity contribution < 1.29 is 19.4 Å². The van der Waals surface area contributed by atoms with Crippen LogP contribution in [0.3, 0.4) is 0 Å². The van der Waals surface area contributed by atoms with Gasteiger partial charge in [0.2, 0.25) is 0 Å². The Kier molecular flexibility index (Phi) is 3.76. The molecule has 18 heavy (non-hydrogen) atoms. The van der Waals surface area contributed by atoms with E-state index in [1.54, 1.807) is 0 Å². The highest BCUT2D eigenvalue weighted by Gasteiger charge is 2.20. The Hall–Kier alpha value is -2.11. The fourth-order valence-electron chi connectivity index (χ4n) is 1.98. The van der Waals surface area contributed by atoms with Crippen molar-refractivity contribution in [2.24, 2.45) is 0 Å². The number of hydrogen-bond acceptors (Lipinski definition) is 4. The molecule has 1 aromatic heterocycles. The van der Waals surface area contributed by atoms with Crippen LogP contribution < -0.4 is 5.32 Å². The van der Waals surface area contributed by atoms with Gasteiger partial charge in [-0.15, -0.1) is 0 Å². The minimum atomic E-state index is -1.12. The summed E-state index contributed by atoms with van der Waals surface area (Å²) >= 11 is 0. The number of carboxylic acids is 1. The van der Waals surface area contributed by atoms with Crippen molar-refractivity contribution in [1.29, 1.82) is 0 Å². The van der Waals surface area contributed by atoms with E-state index < -0.39 is 12.1 Å². The summed E-state index contributed by atoms with van der Waals surface area (Å²) in [5.41, 5.74) is 0.140. The molecule has 0 spiro atoms. The normalized spacial score (nSPS) is 15.3. The molecule has 0 saturated heterocycles. The third kappa shape index (κ3) is 2.97. The second-order valence-corrected chi connectivity index (χ2v) is 4.16. The molecule has 0 atom stereocenters. The van der Waals surface area contributed by atoms with Crippen molar-refractivity contribution in [2.45, 2.75) is 31.8 Å². The van der Waals surface area contributed by atoms with Crippen LogP contribution in [0.4, 0.5) is 10.5 Å². The predicted octanol–water partition coefficient (Wildman–Crippen LogP) is 2.27. The van der Waals surface area contributed by atoms with Crippen molar-refractivity contribution in [2.75, 3.05) is 5.32 Å². The zero-order chi connectivity index (χ0) is 13.0. The first-order valence-electron chi connectivity index (χ1n) is 5.82. The molecule has 1 amide bonds. The highest BCUT2D eigenvalue weighted by molar-refractivity contribution is 5.98. The summed E-state index contributed by atoms with van der Waals surface area (Å²) in [6, 6.07) is 1.33. The van der Waals surface area contributed by atoms with Crippen LogP contribution >= 0.6 is 0 Å². The van der Waals surface area contributed by atoms with Gasteiger partial charge in [-0.25, -0.2) is 9.59 Å². The molecular weight excluding hydrogens is 236 g/mol. The second kappa shape index (κ2) is 5.48. The van der Waals surface area contributed by atoms with E-state index in [2.05, 4.69) is 10.3 Å². The summed E-state index contributed by atoms with van der Waals surface area (Å²) in [4.78, 5) is 26.3. The van der Waals surface area contributed by atoms with Crippen LogP contribution in [0.2, 0.25) is 0 Å². The van der Waals surface area contributed by atoms with Crippen molar-refractivity contribution >= 4 is 17.7 Å². The van der Waals surface area contributed by atoms with Gasteiger partial charge in [0.1, 0.15) is 6.10 Å². The Bertz CT molecular complexity index is 455. The summed E-state index contributed by atoms with van der Waals surface area (Å²) < 4.78 is 5.18. The highest BCUT2D eigenvalue weighted by Crippen LogP contribution is 2.22. The molecule has 6 heteroatoms. The number of carbonyl (C=O) groups excluding carboxylic acids is 1. The first kappa shape index (κ1) is 12.3. The van der Waals surface area contributed by atoms with Gasteiger partial charge in [-0.3, -0.25) is 10.3 Å². The largest absolute Gasteiger partial charge is 0.478 e. The summed E-state index contributed by atoms with van der Waals surface area (Å²) in [6.45, 7) is 0. The first-order chi connectivity index (χ1) is 8.66. The van der Waals surface area contributed by atoms with Crippen LogP contribution in [0.5, 0.6) is 0 Å². The van der Waals surface area contributed by atoms with Gasteiger partial charge in [-0.2, -0.15) is 0 Å². The van der Waals surface area contributed by atoms with E-state index >= 15 is 0 Å². The number of aromatic nitrogens is 1. The molecule has 1 aliphatic carbocycles. The molecule has 2 N–H and O–H groups in total. The molecule has 0 unspecified atom stereocenters. The number of carboxylic acid groups (broad SMARTS) is 1. The van der Waals surface area contributed by atoms with Crippen LogP contribution in [-0.2, 0) is 4.74 Å². The molecule has 1 saturated carbocycles. The number of nitrogens with zero attached hydrogens (tertiary/aromatic N) is 1. The van der Waals surface area contributed by atoms with E-state index in [-0.39, 0.29) is 17.4 Å². The molecule has 1 fully saturated rings. The van der Waals surface area contributed by atoms with Gasteiger partial charge in [0, 0.05) is 6.20 Å². The number of nitrogens with one attached hydrogen (secondary N) is 1. The number of amides is 1. The minimum absolute atomic E-state index is 0.00614. The van der Waals surface area contributed by atoms with Gasteiger partial charge in [0.25, 0.3) is 0 Å². The van der Waals surface area contributed by atoms with Crippen molar-refractivity contribution in [3.63, 3.8) is 0 Å². The van der Waals surface area contributed by atoms with E-state index in [1.807, 2.05) is 0 Å². The molecule has 1 aromatic rings. The number of anilines is 1. The summed E-state index contributed by atoms with van der Waals surface area (Å²) in [6.07, 6.45) is 5.82. The zero-order valence-electron chi connectivity index (χ0n) is 9.76.